The van der Waals surface area contributed by atoms with Gasteiger partial charge in [-0.15, -0.1) is 0 Å². The highest BCUT2D eigenvalue weighted by atomic mass is 16.5. The van der Waals surface area contributed by atoms with Gasteiger partial charge in [0, 0.05) is 47.3 Å². The first-order valence-electron chi connectivity index (χ1n) is 17.1. The Morgan fingerprint density at radius 3 is 2.04 bits per heavy atom. The van der Waals surface area contributed by atoms with E-state index in [2.05, 4.69) is 186 Å². The molecule has 0 saturated heterocycles. The maximum Gasteiger partial charge on any atom is 0.191 e. The number of aromatic nitrogens is 4. The van der Waals surface area contributed by atoms with Crippen molar-refractivity contribution < 1.29 is 4.74 Å². The fraction of sp³-hybridized carbons (Fsp3) is 0.0667. The van der Waals surface area contributed by atoms with Crippen molar-refractivity contribution >= 4 is 32.8 Å². The minimum atomic E-state index is 0.341. The molecule has 6 aromatic carbocycles. The molecule has 0 aliphatic rings. The van der Waals surface area contributed by atoms with Gasteiger partial charge in [-0.05, 0) is 90.7 Å². The third-order valence-electron chi connectivity index (χ3n) is 9.49. The summed E-state index contributed by atoms with van der Waals surface area (Å²) >= 11 is 0. The lowest BCUT2D eigenvalue weighted by Gasteiger charge is -2.13. The Balaban J connectivity index is 1.13. The minimum Gasteiger partial charge on any atom is -0.456 e. The fourth-order valence-electron chi connectivity index (χ4n) is 7.16. The Kier molecular flexibility index (Phi) is 7.24. The average Bonchev–Trinajstić information content (AvgIpc) is 3.72. The number of ether oxygens (including phenoxy) is 1. The average molecular weight is 648 g/mol. The Labute approximate surface area is 290 Å². The molecule has 5 nitrogen and oxygen atoms in total. The van der Waals surface area contributed by atoms with Crippen molar-refractivity contribution in [3.8, 4) is 45.3 Å². The van der Waals surface area contributed by atoms with E-state index < -0.39 is 0 Å². The van der Waals surface area contributed by atoms with Crippen molar-refractivity contribution in [3.05, 3.63) is 170 Å². The molecule has 0 saturated carbocycles. The molecule has 0 unspecified atom stereocenters. The molecular formula is C45H35N4O+. The van der Waals surface area contributed by atoms with Crippen LogP contribution in [0.25, 0.3) is 66.6 Å². The highest BCUT2D eigenvalue weighted by molar-refractivity contribution is 6.09. The van der Waals surface area contributed by atoms with E-state index in [0.717, 1.165) is 50.5 Å². The molecule has 50 heavy (non-hydrogen) atoms. The molecule has 0 N–H and O–H groups in total. The topological polar surface area (TPSA) is 36.9 Å². The van der Waals surface area contributed by atoms with Crippen LogP contribution in [-0.4, -0.2) is 18.7 Å². The number of rotatable bonds is 7. The second-order valence-corrected chi connectivity index (χ2v) is 12.9. The normalized spacial score (nSPS) is 11.6. The molecule has 0 amide bonds. The predicted octanol–water partition coefficient (Wildman–Crippen LogP) is 11.9. The number of imidazole rings is 1. The van der Waals surface area contributed by atoms with Crippen LogP contribution in [0.3, 0.4) is 0 Å². The molecule has 3 aromatic heterocycles. The van der Waals surface area contributed by atoms with Crippen LogP contribution < -0.4 is 4.74 Å². The summed E-state index contributed by atoms with van der Waals surface area (Å²) in [7, 11) is 0. The standard InChI is InChI=1S/C45H35N4O/c1-31(2)47-30-48(43-22-11-10-21-42(43)47)34-15-12-16-35(28-34)50-36-23-24-40-39-19-8-9-20-41(39)49(44(40)29-36)45-27-33(25-26-46-45)38-18-7-6-17-37(38)32-13-4-3-5-14-32/h3-31H,1-2H3/q+1. The number of pyridine rings is 1. The molecule has 0 aliphatic heterocycles. The predicted molar refractivity (Wildman–Crippen MR) is 206 cm³/mol. The van der Waals surface area contributed by atoms with E-state index in [1.54, 1.807) is 0 Å². The molecule has 0 radical (unpaired) electrons. The van der Waals surface area contributed by atoms with Crippen LogP contribution in [0.15, 0.2) is 170 Å². The fourth-order valence-corrected chi connectivity index (χ4v) is 7.16. The van der Waals surface area contributed by atoms with Gasteiger partial charge in [-0.1, -0.05) is 72.8 Å². The molecule has 0 spiro atoms. The SMILES string of the molecule is CC(C)n1[cH+]n(-c2cccc(Oc3ccc4c5ccccc5n(-c5cc(-c6ccccc6-c6ccccc6)ccn5)c4c3)c2)c2ccccc21. The van der Waals surface area contributed by atoms with E-state index in [-0.39, 0.29) is 0 Å². The number of benzene rings is 6. The third-order valence-corrected chi connectivity index (χ3v) is 9.49. The summed E-state index contributed by atoms with van der Waals surface area (Å²) in [5.74, 6) is 2.39. The lowest BCUT2D eigenvalue weighted by Crippen LogP contribution is -1.99. The summed E-state index contributed by atoms with van der Waals surface area (Å²) in [5.41, 5.74) is 10.2. The van der Waals surface area contributed by atoms with Gasteiger partial charge in [0.1, 0.15) is 23.0 Å². The van der Waals surface area contributed by atoms with Crippen molar-refractivity contribution in [2.45, 2.75) is 19.9 Å². The van der Waals surface area contributed by atoms with Crippen LogP contribution in [0.1, 0.15) is 19.9 Å². The van der Waals surface area contributed by atoms with Crippen molar-refractivity contribution in [2.24, 2.45) is 0 Å². The first-order chi connectivity index (χ1) is 24.6. The zero-order chi connectivity index (χ0) is 33.6. The van der Waals surface area contributed by atoms with Crippen molar-refractivity contribution in [3.63, 3.8) is 0 Å². The zero-order valence-corrected chi connectivity index (χ0v) is 27.9. The van der Waals surface area contributed by atoms with Crippen LogP contribution >= 0.6 is 0 Å². The summed E-state index contributed by atoms with van der Waals surface area (Å²) in [6, 6.07) is 55.4. The number of para-hydroxylation sites is 3. The summed E-state index contributed by atoms with van der Waals surface area (Å²) in [6.45, 7) is 4.42. The van der Waals surface area contributed by atoms with Crippen LogP contribution in [0.5, 0.6) is 11.5 Å². The molecule has 0 bridgehead atoms. The van der Waals surface area contributed by atoms with E-state index in [1.165, 1.54) is 27.6 Å². The smallest absolute Gasteiger partial charge is 0.191 e. The first kappa shape index (κ1) is 29.7. The molecule has 240 valence electrons. The summed E-state index contributed by atoms with van der Waals surface area (Å²) in [6.07, 6.45) is 4.09. The van der Waals surface area contributed by atoms with Gasteiger partial charge >= 0.3 is 0 Å². The second kappa shape index (κ2) is 12.2. The van der Waals surface area contributed by atoms with Crippen LogP contribution in [-0.2, 0) is 0 Å². The Morgan fingerprint density at radius 1 is 0.540 bits per heavy atom. The van der Waals surface area contributed by atoms with Crippen LogP contribution in [0.2, 0.25) is 0 Å². The summed E-state index contributed by atoms with van der Waals surface area (Å²) < 4.78 is 13.4. The van der Waals surface area contributed by atoms with Gasteiger partial charge in [0.15, 0.2) is 17.4 Å². The van der Waals surface area contributed by atoms with Crippen molar-refractivity contribution in [2.75, 3.05) is 0 Å². The van der Waals surface area contributed by atoms with Gasteiger partial charge in [0.05, 0.1) is 17.1 Å². The highest BCUT2D eigenvalue weighted by Crippen LogP contribution is 2.37. The monoisotopic (exact) mass is 647 g/mol. The maximum absolute atomic E-state index is 6.61. The molecule has 0 fully saturated rings. The molecule has 0 atom stereocenters. The number of nitrogens with zero attached hydrogens (tertiary/aromatic N) is 4. The van der Waals surface area contributed by atoms with E-state index in [0.29, 0.717) is 6.04 Å². The summed E-state index contributed by atoms with van der Waals surface area (Å²) in [4.78, 5) is 4.93. The highest BCUT2D eigenvalue weighted by Gasteiger charge is 2.19. The van der Waals surface area contributed by atoms with Gasteiger partial charge in [-0.25, -0.2) is 9.55 Å². The zero-order valence-electron chi connectivity index (χ0n) is 27.9. The van der Waals surface area contributed by atoms with E-state index in [9.17, 15) is 0 Å². The van der Waals surface area contributed by atoms with Gasteiger partial charge in [0.25, 0.3) is 0 Å². The van der Waals surface area contributed by atoms with Gasteiger partial charge in [-0.3, -0.25) is 4.57 Å². The maximum atomic E-state index is 6.61. The van der Waals surface area contributed by atoms with E-state index in [1.807, 2.05) is 12.3 Å². The second-order valence-electron chi connectivity index (χ2n) is 12.9. The van der Waals surface area contributed by atoms with Crippen molar-refractivity contribution in [1.82, 2.24) is 18.7 Å². The Bertz CT molecular complexity index is 2670. The summed E-state index contributed by atoms with van der Waals surface area (Å²) in [5, 5.41) is 2.32. The van der Waals surface area contributed by atoms with E-state index in [4.69, 9.17) is 9.72 Å². The number of hydrogen-bond acceptors (Lipinski definition) is 2. The number of hydrogen-bond donors (Lipinski definition) is 0. The van der Waals surface area contributed by atoms with E-state index >= 15 is 0 Å². The Hall–Kier alpha value is -6.46. The van der Waals surface area contributed by atoms with Gasteiger partial charge < -0.3 is 4.74 Å². The molecule has 9 aromatic rings. The number of fused-ring (bicyclic) bond motifs is 4. The lowest BCUT2D eigenvalue weighted by molar-refractivity contribution is 0.483. The molecular weight excluding hydrogens is 613 g/mol. The molecule has 9 rings (SSSR count). The molecule has 3 heterocycles. The quantitative estimate of drug-likeness (QED) is 0.161. The van der Waals surface area contributed by atoms with Crippen molar-refractivity contribution in [1.29, 1.82) is 0 Å². The van der Waals surface area contributed by atoms with Gasteiger partial charge in [0.2, 0.25) is 0 Å². The molecule has 5 heteroatoms. The van der Waals surface area contributed by atoms with Crippen LogP contribution in [0.4, 0.5) is 0 Å². The Morgan fingerprint density at radius 2 is 1.22 bits per heavy atom. The third kappa shape index (κ3) is 5.11. The van der Waals surface area contributed by atoms with Crippen LogP contribution in [0, 0.1) is 0 Å². The first-order valence-corrected chi connectivity index (χ1v) is 17.1. The minimum absolute atomic E-state index is 0.341. The molecule has 0 aliphatic carbocycles. The lowest BCUT2D eigenvalue weighted by atomic mass is 9.95. The van der Waals surface area contributed by atoms with Gasteiger partial charge in [-0.2, -0.15) is 4.57 Å². The largest absolute Gasteiger partial charge is 0.456 e.